The monoisotopic (exact) mass is 329 g/mol. The van der Waals surface area contributed by atoms with Crippen LogP contribution in [0.15, 0.2) is 23.1 Å². The molecule has 0 saturated carbocycles. The van der Waals surface area contributed by atoms with Gasteiger partial charge < -0.3 is 5.32 Å². The molecule has 0 amide bonds. The molecule has 0 spiro atoms. The van der Waals surface area contributed by atoms with Crippen molar-refractivity contribution in [2.75, 3.05) is 6.54 Å². The molecule has 116 valence electrons. The zero-order valence-electron chi connectivity index (χ0n) is 12.1. The van der Waals surface area contributed by atoms with Gasteiger partial charge in [-0.15, -0.1) is 12.4 Å². The van der Waals surface area contributed by atoms with Crippen molar-refractivity contribution in [1.82, 2.24) is 10.0 Å². The molecule has 1 aliphatic rings. The lowest BCUT2D eigenvalue weighted by molar-refractivity contribution is 0.349. The number of rotatable bonds is 3. The number of piperidine rings is 1. The summed E-state index contributed by atoms with van der Waals surface area (Å²) in [6, 6.07) is 6.66. The van der Waals surface area contributed by atoms with E-state index in [0.717, 1.165) is 19.4 Å². The van der Waals surface area contributed by atoms with Crippen LogP contribution in [-0.2, 0) is 10.0 Å². The Balaban J connectivity index is 0.00000220. The van der Waals surface area contributed by atoms with Gasteiger partial charge in [-0.05, 0) is 57.0 Å². The van der Waals surface area contributed by atoms with Gasteiger partial charge in [0.05, 0.1) is 16.5 Å². The summed E-state index contributed by atoms with van der Waals surface area (Å²) in [5.74, 6) is 0. The van der Waals surface area contributed by atoms with Crippen molar-refractivity contribution in [2.24, 2.45) is 0 Å². The van der Waals surface area contributed by atoms with Crippen molar-refractivity contribution in [3.8, 4) is 6.07 Å². The number of hydrogen-bond donors (Lipinski definition) is 2. The first-order chi connectivity index (χ1) is 9.44. The summed E-state index contributed by atoms with van der Waals surface area (Å²) in [6.07, 6.45) is 1.80. The summed E-state index contributed by atoms with van der Waals surface area (Å²) in [5, 5.41) is 12.1. The van der Waals surface area contributed by atoms with Crippen LogP contribution in [0.4, 0.5) is 0 Å². The van der Waals surface area contributed by atoms with Crippen molar-refractivity contribution in [2.45, 2.75) is 43.7 Å². The van der Waals surface area contributed by atoms with Gasteiger partial charge in [0.1, 0.15) is 0 Å². The normalized spacial score (nSPS) is 22.1. The van der Waals surface area contributed by atoms with Crippen LogP contribution in [0.5, 0.6) is 0 Å². The van der Waals surface area contributed by atoms with Crippen LogP contribution in [0.1, 0.15) is 30.9 Å². The highest BCUT2D eigenvalue weighted by molar-refractivity contribution is 7.89. The van der Waals surface area contributed by atoms with Crippen LogP contribution in [-0.4, -0.2) is 27.0 Å². The van der Waals surface area contributed by atoms with Crippen molar-refractivity contribution < 1.29 is 8.42 Å². The highest BCUT2D eigenvalue weighted by Crippen LogP contribution is 2.18. The third kappa shape index (κ3) is 4.17. The van der Waals surface area contributed by atoms with E-state index in [0.29, 0.717) is 11.1 Å². The number of hydrogen-bond acceptors (Lipinski definition) is 4. The Morgan fingerprint density at radius 3 is 2.71 bits per heavy atom. The van der Waals surface area contributed by atoms with E-state index < -0.39 is 10.0 Å². The lowest BCUT2D eigenvalue weighted by atomic mass is 10.0. The Morgan fingerprint density at radius 1 is 1.43 bits per heavy atom. The Labute approximate surface area is 132 Å². The number of nitrogens with zero attached hydrogens (tertiary/aromatic N) is 1. The van der Waals surface area contributed by atoms with Gasteiger partial charge in [-0.1, -0.05) is 0 Å². The Kier molecular flexibility index (Phi) is 6.17. The van der Waals surface area contributed by atoms with Gasteiger partial charge in [0.2, 0.25) is 10.0 Å². The summed E-state index contributed by atoms with van der Waals surface area (Å²) in [4.78, 5) is 0.245. The minimum Gasteiger partial charge on any atom is -0.313 e. The van der Waals surface area contributed by atoms with E-state index in [9.17, 15) is 8.42 Å². The minimum atomic E-state index is -3.55. The van der Waals surface area contributed by atoms with E-state index in [1.54, 1.807) is 13.0 Å². The van der Waals surface area contributed by atoms with Crippen molar-refractivity contribution in [3.05, 3.63) is 29.3 Å². The molecular formula is C14H20ClN3O2S. The molecule has 1 fully saturated rings. The van der Waals surface area contributed by atoms with E-state index in [1.165, 1.54) is 12.1 Å². The number of sulfonamides is 1. The Morgan fingerprint density at radius 2 is 2.14 bits per heavy atom. The summed E-state index contributed by atoms with van der Waals surface area (Å²) in [6.45, 7) is 4.62. The third-order valence-corrected chi connectivity index (χ3v) is 5.31. The van der Waals surface area contributed by atoms with Crippen LogP contribution in [0.2, 0.25) is 0 Å². The molecule has 2 N–H and O–H groups in total. The number of nitrogens with one attached hydrogen (secondary N) is 2. The molecule has 0 bridgehead atoms. The number of benzene rings is 1. The fourth-order valence-electron chi connectivity index (χ4n) is 2.49. The quantitative estimate of drug-likeness (QED) is 0.884. The SMILES string of the molecule is Cc1cc(C#N)ccc1S(=O)(=O)NC1CCCNC1C.Cl. The highest BCUT2D eigenvalue weighted by atomic mass is 35.5. The van der Waals surface area contributed by atoms with Crippen molar-refractivity contribution in [3.63, 3.8) is 0 Å². The third-order valence-electron chi connectivity index (χ3n) is 3.66. The van der Waals surface area contributed by atoms with Gasteiger partial charge in [-0.25, -0.2) is 13.1 Å². The smallest absolute Gasteiger partial charge is 0.241 e. The maximum atomic E-state index is 12.4. The predicted molar refractivity (Wildman–Crippen MR) is 84.0 cm³/mol. The Hall–Kier alpha value is -1.13. The molecule has 1 saturated heterocycles. The topological polar surface area (TPSA) is 82.0 Å². The van der Waals surface area contributed by atoms with E-state index in [1.807, 2.05) is 13.0 Å². The summed E-state index contributed by atoms with van der Waals surface area (Å²) in [7, 11) is -3.55. The molecule has 5 nitrogen and oxygen atoms in total. The lowest BCUT2D eigenvalue weighted by Crippen LogP contribution is -2.51. The Bertz CT molecular complexity index is 640. The van der Waals surface area contributed by atoms with Gasteiger partial charge in [0, 0.05) is 12.1 Å². The molecule has 0 aliphatic carbocycles. The average Bonchev–Trinajstić information content (AvgIpc) is 2.40. The second-order valence-electron chi connectivity index (χ2n) is 5.20. The second-order valence-corrected chi connectivity index (χ2v) is 6.89. The first-order valence-corrected chi connectivity index (χ1v) is 8.19. The molecule has 2 rings (SSSR count). The molecule has 0 aromatic heterocycles. The molecule has 1 aromatic carbocycles. The average molecular weight is 330 g/mol. The van der Waals surface area contributed by atoms with Gasteiger partial charge >= 0.3 is 0 Å². The molecule has 1 heterocycles. The zero-order valence-corrected chi connectivity index (χ0v) is 13.7. The van der Waals surface area contributed by atoms with E-state index in [2.05, 4.69) is 10.0 Å². The van der Waals surface area contributed by atoms with Gasteiger partial charge in [-0.2, -0.15) is 5.26 Å². The molecule has 0 radical (unpaired) electrons. The number of halogens is 1. The largest absolute Gasteiger partial charge is 0.313 e. The molecular weight excluding hydrogens is 310 g/mol. The van der Waals surface area contributed by atoms with Crippen LogP contribution in [0.3, 0.4) is 0 Å². The predicted octanol–water partition coefficient (Wildman–Crippen LogP) is 1.71. The number of nitriles is 1. The fraction of sp³-hybridized carbons (Fsp3) is 0.500. The molecule has 1 aromatic rings. The summed E-state index contributed by atoms with van der Waals surface area (Å²) in [5.41, 5.74) is 1.06. The second kappa shape index (κ2) is 7.23. The van der Waals surface area contributed by atoms with Crippen molar-refractivity contribution in [1.29, 1.82) is 5.26 Å². The van der Waals surface area contributed by atoms with Gasteiger partial charge in [-0.3, -0.25) is 0 Å². The van der Waals surface area contributed by atoms with Crippen molar-refractivity contribution >= 4 is 22.4 Å². The molecule has 2 atom stereocenters. The lowest BCUT2D eigenvalue weighted by Gasteiger charge is -2.30. The highest BCUT2D eigenvalue weighted by Gasteiger charge is 2.27. The van der Waals surface area contributed by atoms with Crippen LogP contribution < -0.4 is 10.0 Å². The van der Waals surface area contributed by atoms with Gasteiger partial charge in [0.25, 0.3) is 0 Å². The van der Waals surface area contributed by atoms with E-state index in [4.69, 9.17) is 5.26 Å². The van der Waals surface area contributed by atoms with Crippen LogP contribution >= 0.6 is 12.4 Å². The van der Waals surface area contributed by atoms with Gasteiger partial charge in [0.15, 0.2) is 0 Å². The first kappa shape index (κ1) is 17.9. The van der Waals surface area contributed by atoms with Crippen LogP contribution in [0.25, 0.3) is 0 Å². The minimum absolute atomic E-state index is 0. The summed E-state index contributed by atoms with van der Waals surface area (Å²) < 4.78 is 27.7. The molecule has 2 unspecified atom stereocenters. The molecule has 7 heteroatoms. The zero-order chi connectivity index (χ0) is 14.8. The molecule has 1 aliphatic heterocycles. The van der Waals surface area contributed by atoms with E-state index in [-0.39, 0.29) is 29.4 Å². The maximum Gasteiger partial charge on any atom is 0.241 e. The molecule has 21 heavy (non-hydrogen) atoms. The first-order valence-electron chi connectivity index (χ1n) is 6.70. The standard InChI is InChI=1S/C14H19N3O2S.ClH/c1-10-8-12(9-15)5-6-14(10)20(18,19)17-13-4-3-7-16-11(13)2;/h5-6,8,11,13,16-17H,3-4,7H2,1-2H3;1H. The van der Waals surface area contributed by atoms with Crippen LogP contribution in [0, 0.1) is 18.3 Å². The number of aryl methyl sites for hydroxylation is 1. The fourth-order valence-corrected chi connectivity index (χ4v) is 4.07. The maximum absolute atomic E-state index is 12.4. The summed E-state index contributed by atoms with van der Waals surface area (Å²) >= 11 is 0. The van der Waals surface area contributed by atoms with E-state index >= 15 is 0 Å².